The van der Waals surface area contributed by atoms with Crippen molar-refractivity contribution in [2.75, 3.05) is 5.32 Å². The monoisotopic (exact) mass is 295 g/mol. The molecule has 1 aromatic carbocycles. The molecule has 7 heteroatoms. The van der Waals surface area contributed by atoms with Crippen molar-refractivity contribution in [2.45, 2.75) is 33.2 Å². The van der Waals surface area contributed by atoms with E-state index in [0.717, 1.165) is 17.9 Å². The highest BCUT2D eigenvalue weighted by Crippen LogP contribution is 2.42. The molecule has 0 aliphatic carbocycles. The van der Waals surface area contributed by atoms with Gasteiger partial charge in [-0.25, -0.2) is 0 Å². The van der Waals surface area contributed by atoms with E-state index in [4.69, 9.17) is 0 Å². The van der Waals surface area contributed by atoms with Crippen molar-refractivity contribution >= 4 is 5.69 Å². The molecule has 0 spiro atoms. The number of rotatable bonds is 4. The van der Waals surface area contributed by atoms with Crippen LogP contribution in [0.1, 0.15) is 18.3 Å². The molecule has 0 saturated carbocycles. The standard InChI is InChI=1S/C14H15F2N3O2/c1-3-19-11(6-9(2)18-19)8-17-10-4-5-12-13(7-10)21-14(15,16)20-12/h4-7,17H,3,8H2,1-2H3. The maximum absolute atomic E-state index is 12.9. The highest BCUT2D eigenvalue weighted by atomic mass is 19.3. The number of halogens is 2. The zero-order valence-corrected chi connectivity index (χ0v) is 11.7. The molecule has 5 nitrogen and oxygen atoms in total. The normalized spacial score (nSPS) is 15.2. The minimum absolute atomic E-state index is 0.0326. The van der Waals surface area contributed by atoms with Gasteiger partial charge < -0.3 is 14.8 Å². The van der Waals surface area contributed by atoms with E-state index < -0.39 is 6.29 Å². The topological polar surface area (TPSA) is 48.3 Å². The number of hydrogen-bond donors (Lipinski definition) is 1. The van der Waals surface area contributed by atoms with Gasteiger partial charge in [0.1, 0.15) is 0 Å². The number of benzene rings is 1. The van der Waals surface area contributed by atoms with Crippen LogP contribution in [0, 0.1) is 6.92 Å². The van der Waals surface area contributed by atoms with Crippen molar-refractivity contribution in [1.29, 1.82) is 0 Å². The van der Waals surface area contributed by atoms with E-state index in [1.807, 2.05) is 24.6 Å². The molecule has 1 aliphatic rings. The molecule has 3 rings (SSSR count). The summed E-state index contributed by atoms with van der Waals surface area (Å²) in [6, 6.07) is 6.61. The zero-order valence-electron chi connectivity index (χ0n) is 11.7. The summed E-state index contributed by atoms with van der Waals surface area (Å²) in [6.07, 6.45) is -3.58. The fraction of sp³-hybridized carbons (Fsp3) is 0.357. The molecule has 21 heavy (non-hydrogen) atoms. The van der Waals surface area contributed by atoms with Crippen LogP contribution in [0.3, 0.4) is 0 Å². The van der Waals surface area contributed by atoms with Crippen molar-refractivity contribution in [2.24, 2.45) is 0 Å². The van der Waals surface area contributed by atoms with Crippen LogP contribution >= 0.6 is 0 Å². The second kappa shape index (κ2) is 4.91. The summed E-state index contributed by atoms with van der Waals surface area (Å²) in [5, 5.41) is 7.52. The van der Waals surface area contributed by atoms with Gasteiger partial charge in [0.05, 0.1) is 17.9 Å². The van der Waals surface area contributed by atoms with Gasteiger partial charge in [-0.05, 0) is 32.0 Å². The molecule has 0 bridgehead atoms. The molecule has 1 N–H and O–H groups in total. The first-order chi connectivity index (χ1) is 9.97. The number of ether oxygens (including phenoxy) is 2. The molecule has 0 amide bonds. The number of nitrogens with one attached hydrogen (secondary N) is 1. The van der Waals surface area contributed by atoms with E-state index in [0.29, 0.717) is 12.2 Å². The van der Waals surface area contributed by atoms with Gasteiger partial charge in [-0.3, -0.25) is 4.68 Å². The molecule has 2 aromatic rings. The molecule has 0 saturated heterocycles. The van der Waals surface area contributed by atoms with Crippen LogP contribution < -0.4 is 14.8 Å². The number of aromatic nitrogens is 2. The Bertz CT molecular complexity index is 670. The number of aryl methyl sites for hydroxylation is 2. The van der Waals surface area contributed by atoms with Crippen molar-refractivity contribution in [3.8, 4) is 11.5 Å². The number of nitrogens with zero attached hydrogens (tertiary/aromatic N) is 2. The number of anilines is 1. The van der Waals surface area contributed by atoms with E-state index in [-0.39, 0.29) is 11.5 Å². The summed E-state index contributed by atoms with van der Waals surface area (Å²) >= 11 is 0. The van der Waals surface area contributed by atoms with Gasteiger partial charge in [-0.1, -0.05) is 0 Å². The Labute approximate surface area is 120 Å². The third kappa shape index (κ3) is 2.76. The molecule has 1 aliphatic heterocycles. The van der Waals surface area contributed by atoms with Crippen molar-refractivity contribution < 1.29 is 18.3 Å². The molecule has 0 unspecified atom stereocenters. The van der Waals surface area contributed by atoms with Gasteiger partial charge in [-0.15, -0.1) is 8.78 Å². The first-order valence-corrected chi connectivity index (χ1v) is 6.64. The van der Waals surface area contributed by atoms with Crippen LogP contribution in [0.2, 0.25) is 0 Å². The summed E-state index contributed by atoms with van der Waals surface area (Å²) < 4.78 is 36.6. The molecular formula is C14H15F2N3O2. The summed E-state index contributed by atoms with van der Waals surface area (Å²) in [5.74, 6) is 0.0742. The fourth-order valence-corrected chi connectivity index (χ4v) is 2.27. The smallest absolute Gasteiger partial charge is 0.395 e. The van der Waals surface area contributed by atoms with Crippen LogP contribution in [0.5, 0.6) is 11.5 Å². The minimum atomic E-state index is -3.58. The van der Waals surface area contributed by atoms with Crippen LogP contribution in [0.4, 0.5) is 14.5 Å². The molecule has 0 atom stereocenters. The Morgan fingerprint density at radius 1 is 1.24 bits per heavy atom. The summed E-state index contributed by atoms with van der Waals surface area (Å²) in [5.41, 5.74) is 2.65. The van der Waals surface area contributed by atoms with Gasteiger partial charge in [0.25, 0.3) is 0 Å². The lowest BCUT2D eigenvalue weighted by Crippen LogP contribution is -2.25. The minimum Gasteiger partial charge on any atom is -0.395 e. The second-order valence-corrected chi connectivity index (χ2v) is 4.78. The number of alkyl halides is 2. The van der Waals surface area contributed by atoms with E-state index in [1.54, 1.807) is 6.07 Å². The maximum atomic E-state index is 12.9. The quantitative estimate of drug-likeness (QED) is 0.941. The summed E-state index contributed by atoms with van der Waals surface area (Å²) in [4.78, 5) is 0. The third-order valence-corrected chi connectivity index (χ3v) is 3.16. The van der Waals surface area contributed by atoms with E-state index in [1.165, 1.54) is 12.1 Å². The Hall–Kier alpha value is -2.31. The SMILES string of the molecule is CCn1nc(C)cc1CNc1ccc2c(c1)OC(F)(F)O2. The van der Waals surface area contributed by atoms with Crippen LogP contribution in [-0.2, 0) is 13.1 Å². The molecule has 2 heterocycles. The van der Waals surface area contributed by atoms with Gasteiger partial charge in [0.15, 0.2) is 11.5 Å². The average molecular weight is 295 g/mol. The molecule has 0 fully saturated rings. The maximum Gasteiger partial charge on any atom is 0.586 e. The van der Waals surface area contributed by atoms with Crippen molar-refractivity contribution in [3.63, 3.8) is 0 Å². The van der Waals surface area contributed by atoms with Crippen LogP contribution in [0.15, 0.2) is 24.3 Å². The van der Waals surface area contributed by atoms with E-state index >= 15 is 0 Å². The molecular weight excluding hydrogens is 280 g/mol. The summed E-state index contributed by atoms with van der Waals surface area (Å²) in [6.45, 7) is 5.26. The lowest BCUT2D eigenvalue weighted by atomic mass is 10.2. The van der Waals surface area contributed by atoms with E-state index in [2.05, 4.69) is 19.9 Å². The predicted molar refractivity (Wildman–Crippen MR) is 72.6 cm³/mol. The Balaban J connectivity index is 1.72. The lowest BCUT2D eigenvalue weighted by molar-refractivity contribution is -0.286. The van der Waals surface area contributed by atoms with Gasteiger partial charge >= 0.3 is 6.29 Å². The molecule has 112 valence electrons. The van der Waals surface area contributed by atoms with Gasteiger partial charge in [0, 0.05) is 18.3 Å². The Kier molecular flexibility index (Phi) is 3.19. The van der Waals surface area contributed by atoms with Crippen LogP contribution in [-0.4, -0.2) is 16.1 Å². The first-order valence-electron chi connectivity index (χ1n) is 6.64. The van der Waals surface area contributed by atoms with Crippen molar-refractivity contribution in [3.05, 3.63) is 35.7 Å². The van der Waals surface area contributed by atoms with Crippen molar-refractivity contribution in [1.82, 2.24) is 9.78 Å². The fourth-order valence-electron chi connectivity index (χ4n) is 2.27. The van der Waals surface area contributed by atoms with Gasteiger partial charge in [-0.2, -0.15) is 5.10 Å². The van der Waals surface area contributed by atoms with E-state index in [9.17, 15) is 8.78 Å². The average Bonchev–Trinajstić information content (AvgIpc) is 2.93. The highest BCUT2D eigenvalue weighted by molar-refractivity contribution is 5.56. The Morgan fingerprint density at radius 2 is 2.00 bits per heavy atom. The predicted octanol–water partition coefficient (Wildman–Crippen LogP) is 3.15. The zero-order chi connectivity index (χ0) is 15.0. The molecule has 0 radical (unpaired) electrons. The molecule has 1 aromatic heterocycles. The number of fused-ring (bicyclic) bond motifs is 1. The van der Waals surface area contributed by atoms with Gasteiger partial charge in [0.2, 0.25) is 0 Å². The first kappa shape index (κ1) is 13.7. The second-order valence-electron chi connectivity index (χ2n) is 4.78. The van der Waals surface area contributed by atoms with Crippen LogP contribution in [0.25, 0.3) is 0 Å². The summed E-state index contributed by atoms with van der Waals surface area (Å²) in [7, 11) is 0. The third-order valence-electron chi connectivity index (χ3n) is 3.16. The highest BCUT2D eigenvalue weighted by Gasteiger charge is 2.43. The Morgan fingerprint density at radius 3 is 2.76 bits per heavy atom. The number of hydrogen-bond acceptors (Lipinski definition) is 4. The lowest BCUT2D eigenvalue weighted by Gasteiger charge is -2.08. The largest absolute Gasteiger partial charge is 0.586 e.